The van der Waals surface area contributed by atoms with E-state index in [1.54, 1.807) is 6.08 Å². The van der Waals surface area contributed by atoms with Crippen LogP contribution in [0.25, 0.3) is 0 Å². The van der Waals surface area contributed by atoms with Crippen molar-refractivity contribution >= 4 is 5.78 Å². The molecule has 2 heteroatoms. The van der Waals surface area contributed by atoms with Crippen molar-refractivity contribution in [1.29, 1.82) is 0 Å². The monoisotopic (exact) mass is 333 g/mol. The lowest BCUT2D eigenvalue weighted by Gasteiger charge is -2.41. The molecule has 0 aliphatic heterocycles. The largest absolute Gasteiger partial charge is 0.295 e. The smallest absolute Gasteiger partial charge is 0.156 e. The summed E-state index contributed by atoms with van der Waals surface area (Å²) in [6.45, 7) is 4.52. The number of allylic oxidation sites excluding steroid dienone is 2. The van der Waals surface area contributed by atoms with Gasteiger partial charge in [0.2, 0.25) is 0 Å². The minimum atomic E-state index is 0.244. The van der Waals surface area contributed by atoms with Crippen LogP contribution in [0.3, 0.4) is 0 Å². The first-order valence-corrected chi connectivity index (χ1v) is 9.23. The number of hydrogen-bond donors (Lipinski definition) is 0. The van der Waals surface area contributed by atoms with Crippen LogP contribution in [-0.2, 0) is 4.79 Å². The Kier molecular flexibility index (Phi) is 5.83. The van der Waals surface area contributed by atoms with Crippen molar-refractivity contribution < 1.29 is 4.79 Å². The fraction of sp³-hybridized carbons (Fsp3) is 0.348. The summed E-state index contributed by atoms with van der Waals surface area (Å²) in [5.74, 6) is 0.244. The average molecular weight is 333 g/mol. The zero-order valence-corrected chi connectivity index (χ0v) is 15.1. The summed E-state index contributed by atoms with van der Waals surface area (Å²) < 4.78 is 0. The molecule has 0 fully saturated rings. The molecule has 3 rings (SSSR count). The first kappa shape index (κ1) is 17.6. The first-order chi connectivity index (χ1) is 12.2. The Hall–Kier alpha value is -2.19. The SMILES string of the molecule is C[C@@H](c1ccccc1)N([C@H]1CCC=CC(=O)C1)[C@@H](C)c1ccccc1. The molecule has 0 N–H and O–H groups in total. The standard InChI is InChI=1S/C23H27NO/c1-18(20-11-5-3-6-12-20)24(19(2)21-13-7-4-8-14-21)22-15-9-10-16-23(25)17-22/h3-8,10-14,16,18-19,22H,9,15,17H2,1-2H3/t18-,19-,22-/m0/s1. The zero-order valence-electron chi connectivity index (χ0n) is 15.1. The number of carbonyl (C=O) groups is 1. The van der Waals surface area contributed by atoms with Crippen LogP contribution in [0.5, 0.6) is 0 Å². The third-order valence-electron chi connectivity index (χ3n) is 5.29. The number of carbonyl (C=O) groups excluding carboxylic acids is 1. The van der Waals surface area contributed by atoms with Gasteiger partial charge in [-0.1, -0.05) is 66.7 Å². The summed E-state index contributed by atoms with van der Waals surface area (Å²) in [5.41, 5.74) is 2.60. The van der Waals surface area contributed by atoms with Crippen molar-refractivity contribution in [1.82, 2.24) is 4.90 Å². The highest BCUT2D eigenvalue weighted by atomic mass is 16.1. The average Bonchev–Trinajstić information content (AvgIpc) is 2.87. The molecular formula is C23H27NO. The van der Waals surface area contributed by atoms with Crippen molar-refractivity contribution in [3.63, 3.8) is 0 Å². The predicted molar refractivity (Wildman–Crippen MR) is 103 cm³/mol. The summed E-state index contributed by atoms with van der Waals surface area (Å²) in [5, 5.41) is 0. The van der Waals surface area contributed by atoms with E-state index < -0.39 is 0 Å². The molecule has 0 spiro atoms. The highest BCUT2D eigenvalue weighted by molar-refractivity contribution is 5.90. The molecule has 0 amide bonds. The van der Waals surface area contributed by atoms with Crippen LogP contribution in [-0.4, -0.2) is 16.7 Å². The quantitative estimate of drug-likeness (QED) is 0.721. The summed E-state index contributed by atoms with van der Waals surface area (Å²) >= 11 is 0. The van der Waals surface area contributed by atoms with Gasteiger partial charge in [0.25, 0.3) is 0 Å². The number of hydrogen-bond acceptors (Lipinski definition) is 2. The third-order valence-corrected chi connectivity index (χ3v) is 5.29. The lowest BCUT2D eigenvalue weighted by Crippen LogP contribution is -2.40. The maximum Gasteiger partial charge on any atom is 0.156 e. The fourth-order valence-electron chi connectivity index (χ4n) is 3.94. The summed E-state index contributed by atoms with van der Waals surface area (Å²) in [6, 6.07) is 22.0. The van der Waals surface area contributed by atoms with Gasteiger partial charge in [-0.25, -0.2) is 0 Å². The molecule has 0 aromatic heterocycles. The Morgan fingerprint density at radius 2 is 1.40 bits per heavy atom. The molecule has 0 heterocycles. The Morgan fingerprint density at radius 3 is 1.92 bits per heavy atom. The van der Waals surface area contributed by atoms with Gasteiger partial charge in [-0.15, -0.1) is 0 Å². The van der Waals surface area contributed by atoms with Gasteiger partial charge in [0.15, 0.2) is 5.78 Å². The number of rotatable bonds is 5. The Balaban J connectivity index is 1.94. The maximum atomic E-state index is 12.2. The molecule has 0 bridgehead atoms. The molecule has 3 atom stereocenters. The molecule has 2 nitrogen and oxygen atoms in total. The van der Waals surface area contributed by atoms with E-state index in [1.807, 2.05) is 6.08 Å². The minimum absolute atomic E-state index is 0.244. The zero-order chi connectivity index (χ0) is 17.6. The number of nitrogens with zero attached hydrogens (tertiary/aromatic N) is 1. The molecule has 1 aliphatic carbocycles. The molecule has 25 heavy (non-hydrogen) atoms. The van der Waals surface area contributed by atoms with E-state index in [9.17, 15) is 4.79 Å². The van der Waals surface area contributed by atoms with Crippen molar-refractivity contribution in [2.45, 2.75) is 51.2 Å². The Morgan fingerprint density at radius 1 is 0.880 bits per heavy atom. The van der Waals surface area contributed by atoms with Gasteiger partial charge in [-0.3, -0.25) is 9.69 Å². The van der Waals surface area contributed by atoms with Crippen LogP contribution in [0.15, 0.2) is 72.8 Å². The van der Waals surface area contributed by atoms with Gasteiger partial charge in [0.05, 0.1) is 0 Å². The summed E-state index contributed by atoms with van der Waals surface area (Å²) in [6.07, 6.45) is 6.39. The topological polar surface area (TPSA) is 20.3 Å². The van der Waals surface area contributed by atoms with E-state index >= 15 is 0 Å². The lowest BCUT2D eigenvalue weighted by atomic mass is 9.95. The van der Waals surface area contributed by atoms with Crippen LogP contribution < -0.4 is 0 Å². The molecular weight excluding hydrogens is 306 g/mol. The Bertz CT molecular complexity index is 662. The van der Waals surface area contributed by atoms with E-state index in [4.69, 9.17) is 0 Å². The van der Waals surface area contributed by atoms with Crippen LogP contribution in [0.1, 0.15) is 56.3 Å². The van der Waals surface area contributed by atoms with Gasteiger partial charge in [-0.2, -0.15) is 0 Å². The second-order valence-electron chi connectivity index (χ2n) is 6.92. The molecule has 0 radical (unpaired) electrons. The van der Waals surface area contributed by atoms with Crippen molar-refractivity contribution in [3.05, 3.63) is 83.9 Å². The summed E-state index contributed by atoms with van der Waals surface area (Å²) in [7, 11) is 0. The maximum absolute atomic E-state index is 12.2. The van der Waals surface area contributed by atoms with E-state index in [1.165, 1.54) is 11.1 Å². The van der Waals surface area contributed by atoms with Crippen LogP contribution >= 0.6 is 0 Å². The molecule has 1 aliphatic rings. The number of benzene rings is 2. The predicted octanol–water partition coefficient (Wildman–Crippen LogP) is 5.49. The normalized spacial score (nSPS) is 20.3. The first-order valence-electron chi connectivity index (χ1n) is 9.23. The van der Waals surface area contributed by atoms with Crippen molar-refractivity contribution in [3.8, 4) is 0 Å². The van der Waals surface area contributed by atoms with Crippen molar-refractivity contribution in [2.24, 2.45) is 0 Å². The molecule has 130 valence electrons. The number of ketones is 1. The van der Waals surface area contributed by atoms with Gasteiger partial charge in [0.1, 0.15) is 0 Å². The lowest BCUT2D eigenvalue weighted by molar-refractivity contribution is -0.116. The van der Waals surface area contributed by atoms with Crippen LogP contribution in [0, 0.1) is 0 Å². The third kappa shape index (κ3) is 4.26. The highest BCUT2D eigenvalue weighted by Crippen LogP contribution is 2.35. The van der Waals surface area contributed by atoms with Crippen LogP contribution in [0.2, 0.25) is 0 Å². The minimum Gasteiger partial charge on any atom is -0.295 e. The van der Waals surface area contributed by atoms with Gasteiger partial charge < -0.3 is 0 Å². The fourth-order valence-corrected chi connectivity index (χ4v) is 3.94. The second-order valence-corrected chi connectivity index (χ2v) is 6.92. The molecule has 0 unspecified atom stereocenters. The van der Waals surface area contributed by atoms with Gasteiger partial charge in [0, 0.05) is 24.5 Å². The molecule has 2 aromatic carbocycles. The second kappa shape index (κ2) is 8.26. The van der Waals surface area contributed by atoms with E-state index in [-0.39, 0.29) is 23.9 Å². The van der Waals surface area contributed by atoms with Gasteiger partial charge in [-0.05, 0) is 43.9 Å². The molecule has 0 saturated heterocycles. The molecule has 2 aromatic rings. The van der Waals surface area contributed by atoms with E-state index in [0.717, 1.165) is 12.8 Å². The van der Waals surface area contributed by atoms with Gasteiger partial charge >= 0.3 is 0 Å². The van der Waals surface area contributed by atoms with E-state index in [0.29, 0.717) is 6.42 Å². The highest BCUT2D eigenvalue weighted by Gasteiger charge is 2.31. The summed E-state index contributed by atoms with van der Waals surface area (Å²) in [4.78, 5) is 14.7. The van der Waals surface area contributed by atoms with E-state index in [2.05, 4.69) is 79.4 Å². The van der Waals surface area contributed by atoms with Crippen molar-refractivity contribution in [2.75, 3.05) is 0 Å². The molecule has 0 saturated carbocycles. The Labute approximate surface area is 151 Å². The van der Waals surface area contributed by atoms with Crippen LogP contribution in [0.4, 0.5) is 0 Å².